The molecule has 2 aromatic carbocycles. The highest BCUT2D eigenvalue weighted by Crippen LogP contribution is 2.23. The predicted molar refractivity (Wildman–Crippen MR) is 107 cm³/mol. The van der Waals surface area contributed by atoms with E-state index in [2.05, 4.69) is 80.7 Å². The Labute approximate surface area is 156 Å². The lowest BCUT2D eigenvalue weighted by Crippen LogP contribution is -2.06. The van der Waals surface area contributed by atoms with Crippen LogP contribution in [0.2, 0.25) is 0 Å². The van der Waals surface area contributed by atoms with Crippen molar-refractivity contribution in [3.63, 3.8) is 0 Å². The molecule has 0 unspecified atom stereocenters. The molecule has 0 aliphatic rings. The zero-order chi connectivity index (χ0) is 17.8. The van der Waals surface area contributed by atoms with E-state index in [0.717, 1.165) is 21.7 Å². The van der Waals surface area contributed by atoms with Crippen molar-refractivity contribution in [2.75, 3.05) is 10.6 Å². The summed E-state index contributed by atoms with van der Waals surface area (Å²) in [6, 6.07) is 16.5. The molecule has 0 saturated heterocycles. The second-order valence-electron chi connectivity index (χ2n) is 6.15. The highest BCUT2D eigenvalue weighted by molar-refractivity contribution is 9.10. The quantitative estimate of drug-likeness (QED) is 0.595. The zero-order valence-corrected chi connectivity index (χ0v) is 16.2. The maximum absolute atomic E-state index is 4.57. The summed E-state index contributed by atoms with van der Waals surface area (Å²) in [7, 11) is 0. The fraction of sp³-hybridized carbons (Fsp3) is 0.200. The highest BCUT2D eigenvalue weighted by Gasteiger charge is 2.04. The number of anilines is 3. The third kappa shape index (κ3) is 4.79. The van der Waals surface area contributed by atoms with Crippen LogP contribution in [-0.2, 0) is 6.54 Å². The van der Waals surface area contributed by atoms with Crippen LogP contribution in [0.4, 0.5) is 17.5 Å². The molecule has 0 radical (unpaired) electrons. The molecule has 3 aromatic rings. The Morgan fingerprint density at radius 1 is 0.960 bits per heavy atom. The van der Waals surface area contributed by atoms with Crippen LogP contribution in [0.25, 0.3) is 0 Å². The van der Waals surface area contributed by atoms with Crippen LogP contribution < -0.4 is 10.6 Å². The van der Waals surface area contributed by atoms with E-state index in [1.807, 2.05) is 25.1 Å². The van der Waals surface area contributed by atoms with E-state index in [1.165, 1.54) is 16.7 Å². The maximum Gasteiger partial charge on any atom is 0.225 e. The van der Waals surface area contributed by atoms with Crippen LogP contribution >= 0.6 is 15.9 Å². The molecule has 0 atom stereocenters. The van der Waals surface area contributed by atoms with Crippen molar-refractivity contribution < 1.29 is 0 Å². The summed E-state index contributed by atoms with van der Waals surface area (Å²) in [6.07, 6.45) is 0. The Hall–Kier alpha value is -2.40. The first-order valence-electron chi connectivity index (χ1n) is 8.18. The molecule has 2 N–H and O–H groups in total. The SMILES string of the molecule is Cc1cccc(CNc2nc(C)cc(Nc3ccc(Br)c(C)c3)n2)c1. The van der Waals surface area contributed by atoms with Crippen LogP contribution in [0, 0.1) is 20.8 Å². The minimum absolute atomic E-state index is 0.623. The van der Waals surface area contributed by atoms with Crippen molar-refractivity contribution in [3.8, 4) is 0 Å². The van der Waals surface area contributed by atoms with Gasteiger partial charge in [-0.1, -0.05) is 45.8 Å². The number of benzene rings is 2. The van der Waals surface area contributed by atoms with E-state index in [0.29, 0.717) is 12.5 Å². The van der Waals surface area contributed by atoms with Crippen molar-refractivity contribution in [1.82, 2.24) is 9.97 Å². The van der Waals surface area contributed by atoms with Crippen molar-refractivity contribution in [2.24, 2.45) is 0 Å². The highest BCUT2D eigenvalue weighted by atomic mass is 79.9. The predicted octanol–water partition coefficient (Wildman–Crippen LogP) is 5.52. The molecule has 0 aliphatic heterocycles. The van der Waals surface area contributed by atoms with Crippen LogP contribution in [0.15, 0.2) is 53.0 Å². The van der Waals surface area contributed by atoms with E-state index in [1.54, 1.807) is 0 Å². The number of hydrogen-bond acceptors (Lipinski definition) is 4. The van der Waals surface area contributed by atoms with Gasteiger partial charge in [0.05, 0.1) is 0 Å². The Morgan fingerprint density at radius 3 is 2.56 bits per heavy atom. The van der Waals surface area contributed by atoms with Crippen molar-refractivity contribution in [3.05, 3.63) is 75.4 Å². The van der Waals surface area contributed by atoms with Crippen LogP contribution in [0.1, 0.15) is 22.4 Å². The molecule has 0 saturated carbocycles. The monoisotopic (exact) mass is 396 g/mol. The fourth-order valence-electron chi connectivity index (χ4n) is 2.59. The van der Waals surface area contributed by atoms with Gasteiger partial charge >= 0.3 is 0 Å². The molecule has 0 aliphatic carbocycles. The summed E-state index contributed by atoms with van der Waals surface area (Å²) in [5, 5.41) is 6.65. The number of rotatable bonds is 5. The van der Waals surface area contributed by atoms with Gasteiger partial charge in [-0.3, -0.25) is 0 Å². The minimum atomic E-state index is 0.623. The topological polar surface area (TPSA) is 49.8 Å². The van der Waals surface area contributed by atoms with Gasteiger partial charge in [0.1, 0.15) is 5.82 Å². The lowest BCUT2D eigenvalue weighted by Gasteiger charge is -2.11. The van der Waals surface area contributed by atoms with E-state index < -0.39 is 0 Å². The Morgan fingerprint density at radius 2 is 1.80 bits per heavy atom. The molecule has 3 rings (SSSR count). The molecule has 25 heavy (non-hydrogen) atoms. The Bertz CT molecular complexity index is 893. The first kappa shape index (κ1) is 17.4. The summed E-state index contributed by atoms with van der Waals surface area (Å²) in [6.45, 7) is 6.82. The molecule has 0 amide bonds. The number of nitrogens with one attached hydrogen (secondary N) is 2. The number of hydrogen-bond donors (Lipinski definition) is 2. The lowest BCUT2D eigenvalue weighted by molar-refractivity contribution is 1.03. The first-order valence-corrected chi connectivity index (χ1v) is 8.97. The number of nitrogens with zero attached hydrogens (tertiary/aromatic N) is 2. The maximum atomic E-state index is 4.57. The Balaban J connectivity index is 1.74. The lowest BCUT2D eigenvalue weighted by atomic mass is 10.1. The first-order chi connectivity index (χ1) is 12.0. The summed E-state index contributed by atoms with van der Waals surface area (Å²) >= 11 is 3.52. The van der Waals surface area contributed by atoms with Gasteiger partial charge in [0.25, 0.3) is 0 Å². The molecular weight excluding hydrogens is 376 g/mol. The normalized spacial score (nSPS) is 10.6. The summed E-state index contributed by atoms with van der Waals surface area (Å²) in [5.41, 5.74) is 5.55. The van der Waals surface area contributed by atoms with Gasteiger partial charge in [-0.25, -0.2) is 4.98 Å². The molecule has 0 spiro atoms. The van der Waals surface area contributed by atoms with E-state index in [-0.39, 0.29) is 0 Å². The van der Waals surface area contributed by atoms with Gasteiger partial charge in [0.2, 0.25) is 5.95 Å². The van der Waals surface area contributed by atoms with E-state index in [4.69, 9.17) is 0 Å². The molecule has 4 nitrogen and oxygen atoms in total. The van der Waals surface area contributed by atoms with Gasteiger partial charge in [0, 0.05) is 28.5 Å². The smallest absolute Gasteiger partial charge is 0.225 e. The van der Waals surface area contributed by atoms with Crippen LogP contribution in [0.5, 0.6) is 0 Å². The minimum Gasteiger partial charge on any atom is -0.350 e. The number of halogens is 1. The summed E-state index contributed by atoms with van der Waals surface area (Å²) < 4.78 is 1.09. The second kappa shape index (κ2) is 7.66. The second-order valence-corrected chi connectivity index (χ2v) is 7.00. The summed E-state index contributed by atoms with van der Waals surface area (Å²) in [4.78, 5) is 9.05. The summed E-state index contributed by atoms with van der Waals surface area (Å²) in [5.74, 6) is 1.40. The third-order valence-electron chi connectivity index (χ3n) is 3.82. The van der Waals surface area contributed by atoms with Crippen molar-refractivity contribution in [1.29, 1.82) is 0 Å². The molecule has 1 heterocycles. The van der Waals surface area contributed by atoms with E-state index >= 15 is 0 Å². The van der Waals surface area contributed by atoms with Gasteiger partial charge in [0.15, 0.2) is 0 Å². The fourth-order valence-corrected chi connectivity index (χ4v) is 2.83. The van der Waals surface area contributed by atoms with E-state index in [9.17, 15) is 0 Å². The van der Waals surface area contributed by atoms with Gasteiger partial charge in [-0.05, 0) is 50.1 Å². The van der Waals surface area contributed by atoms with Crippen LogP contribution in [-0.4, -0.2) is 9.97 Å². The molecule has 5 heteroatoms. The average molecular weight is 397 g/mol. The molecule has 0 bridgehead atoms. The molecule has 0 fully saturated rings. The largest absolute Gasteiger partial charge is 0.350 e. The van der Waals surface area contributed by atoms with Gasteiger partial charge in [-0.15, -0.1) is 0 Å². The standard InChI is InChI=1S/C20H21BrN4/c1-13-5-4-6-16(9-13)12-22-20-23-15(3)11-19(25-20)24-17-7-8-18(21)14(2)10-17/h4-11H,12H2,1-3H3,(H2,22,23,24,25). The molecular formula is C20H21BrN4. The van der Waals surface area contributed by atoms with Crippen molar-refractivity contribution in [2.45, 2.75) is 27.3 Å². The van der Waals surface area contributed by atoms with Crippen molar-refractivity contribution >= 4 is 33.4 Å². The Kier molecular flexibility index (Phi) is 5.34. The molecule has 128 valence electrons. The average Bonchev–Trinajstić information content (AvgIpc) is 2.56. The van der Waals surface area contributed by atoms with Gasteiger partial charge in [-0.2, -0.15) is 4.98 Å². The third-order valence-corrected chi connectivity index (χ3v) is 4.71. The van der Waals surface area contributed by atoms with Crippen LogP contribution in [0.3, 0.4) is 0 Å². The zero-order valence-electron chi connectivity index (χ0n) is 14.6. The van der Waals surface area contributed by atoms with Gasteiger partial charge < -0.3 is 10.6 Å². The number of aromatic nitrogens is 2. The molecule has 1 aromatic heterocycles. The number of aryl methyl sites for hydroxylation is 3.